The van der Waals surface area contributed by atoms with Crippen LogP contribution in [0.15, 0.2) is 21.2 Å². The summed E-state index contributed by atoms with van der Waals surface area (Å²) in [6.07, 6.45) is 3.69. The highest BCUT2D eigenvalue weighted by Gasteiger charge is 2.14. The molecule has 0 unspecified atom stereocenters. The molecule has 4 nitrogen and oxygen atoms in total. The lowest BCUT2D eigenvalue weighted by atomic mass is 10.2. The Bertz CT molecular complexity index is 644. The summed E-state index contributed by atoms with van der Waals surface area (Å²) < 4.78 is 1.80. The molecule has 6 heteroatoms. The Labute approximate surface area is 142 Å². The van der Waals surface area contributed by atoms with Crippen LogP contribution in [0.25, 0.3) is 11.5 Å². The van der Waals surface area contributed by atoms with E-state index in [0.717, 1.165) is 51.1 Å². The monoisotopic (exact) mass is 412 g/mol. The summed E-state index contributed by atoms with van der Waals surface area (Å²) in [5.41, 5.74) is 2.92. The van der Waals surface area contributed by atoms with Gasteiger partial charge in [-0.25, -0.2) is 9.97 Å². The molecule has 0 radical (unpaired) electrons. The van der Waals surface area contributed by atoms with Crippen molar-refractivity contribution in [3.8, 4) is 11.5 Å². The van der Waals surface area contributed by atoms with Gasteiger partial charge in [-0.3, -0.25) is 4.98 Å². The summed E-state index contributed by atoms with van der Waals surface area (Å²) in [6, 6.07) is 1.95. The molecule has 112 valence electrons. The van der Waals surface area contributed by atoms with Crippen LogP contribution in [0, 0.1) is 6.92 Å². The van der Waals surface area contributed by atoms with E-state index in [0.29, 0.717) is 5.82 Å². The van der Waals surface area contributed by atoms with E-state index in [1.54, 1.807) is 6.20 Å². The highest BCUT2D eigenvalue weighted by Crippen LogP contribution is 2.28. The quantitative estimate of drug-likeness (QED) is 0.767. The van der Waals surface area contributed by atoms with Gasteiger partial charge < -0.3 is 5.32 Å². The molecule has 1 N–H and O–H groups in total. The molecule has 2 heterocycles. The average Bonchev–Trinajstić information content (AvgIpc) is 2.46. The number of aryl methyl sites for hydroxylation is 1. The van der Waals surface area contributed by atoms with Gasteiger partial charge in [0.15, 0.2) is 5.82 Å². The topological polar surface area (TPSA) is 50.7 Å². The Balaban J connectivity index is 2.52. The Morgan fingerprint density at radius 2 is 1.95 bits per heavy atom. The molecule has 0 amide bonds. The van der Waals surface area contributed by atoms with Crippen molar-refractivity contribution in [2.24, 2.45) is 0 Å². The molecule has 0 saturated carbocycles. The fourth-order valence-electron chi connectivity index (χ4n) is 2.01. The van der Waals surface area contributed by atoms with Gasteiger partial charge in [0, 0.05) is 32.9 Å². The zero-order valence-corrected chi connectivity index (χ0v) is 15.5. The van der Waals surface area contributed by atoms with Crippen LogP contribution in [-0.4, -0.2) is 21.5 Å². The Kier molecular flexibility index (Phi) is 5.70. The normalized spacial score (nSPS) is 10.7. The molecule has 0 atom stereocenters. The lowest BCUT2D eigenvalue weighted by molar-refractivity contribution is 0.933. The maximum atomic E-state index is 4.66. The summed E-state index contributed by atoms with van der Waals surface area (Å²) >= 11 is 6.94. The average molecular weight is 414 g/mol. The Hall–Kier alpha value is -1.01. The second-order valence-electron chi connectivity index (χ2n) is 4.73. The van der Waals surface area contributed by atoms with E-state index in [2.05, 4.69) is 72.9 Å². The van der Waals surface area contributed by atoms with Gasteiger partial charge in [-0.15, -0.1) is 0 Å². The van der Waals surface area contributed by atoms with Crippen LogP contribution in [0.1, 0.15) is 31.5 Å². The molecule has 0 fully saturated rings. The smallest absolute Gasteiger partial charge is 0.181 e. The molecular weight excluding hydrogens is 396 g/mol. The maximum Gasteiger partial charge on any atom is 0.181 e. The third-order valence-corrected chi connectivity index (χ3v) is 4.18. The SMILES string of the molecule is CCCNc1nc(-c2ncc(Br)cc2Br)nc(CC)c1C. The van der Waals surface area contributed by atoms with Crippen LogP contribution >= 0.6 is 31.9 Å². The molecule has 2 aromatic heterocycles. The first-order valence-corrected chi connectivity index (χ1v) is 8.58. The van der Waals surface area contributed by atoms with E-state index < -0.39 is 0 Å². The van der Waals surface area contributed by atoms with Gasteiger partial charge in [-0.1, -0.05) is 13.8 Å². The van der Waals surface area contributed by atoms with Crippen molar-refractivity contribution in [1.29, 1.82) is 0 Å². The number of rotatable bonds is 5. The summed E-state index contributed by atoms with van der Waals surface area (Å²) in [5.74, 6) is 1.55. The van der Waals surface area contributed by atoms with Gasteiger partial charge in [-0.05, 0) is 57.7 Å². The fraction of sp³-hybridized carbons (Fsp3) is 0.400. The van der Waals surface area contributed by atoms with Crippen LogP contribution in [0.4, 0.5) is 5.82 Å². The van der Waals surface area contributed by atoms with Crippen molar-refractivity contribution < 1.29 is 0 Å². The zero-order chi connectivity index (χ0) is 15.4. The van der Waals surface area contributed by atoms with Gasteiger partial charge in [-0.2, -0.15) is 0 Å². The van der Waals surface area contributed by atoms with Crippen molar-refractivity contribution in [2.45, 2.75) is 33.6 Å². The molecule has 0 aliphatic rings. The third-order valence-electron chi connectivity index (χ3n) is 3.14. The number of nitrogens with zero attached hydrogens (tertiary/aromatic N) is 3. The minimum atomic E-state index is 0.649. The zero-order valence-electron chi connectivity index (χ0n) is 12.4. The van der Waals surface area contributed by atoms with Crippen molar-refractivity contribution >= 4 is 37.7 Å². The molecule has 0 aliphatic carbocycles. The van der Waals surface area contributed by atoms with Crippen molar-refractivity contribution in [2.75, 3.05) is 11.9 Å². The van der Waals surface area contributed by atoms with Crippen LogP contribution in [0.2, 0.25) is 0 Å². The van der Waals surface area contributed by atoms with Crippen molar-refractivity contribution in [1.82, 2.24) is 15.0 Å². The van der Waals surface area contributed by atoms with Gasteiger partial charge in [0.2, 0.25) is 0 Å². The van der Waals surface area contributed by atoms with E-state index >= 15 is 0 Å². The number of nitrogens with one attached hydrogen (secondary N) is 1. The van der Waals surface area contributed by atoms with Crippen LogP contribution < -0.4 is 5.32 Å². The number of halogens is 2. The lowest BCUT2D eigenvalue weighted by Gasteiger charge is -2.13. The van der Waals surface area contributed by atoms with E-state index in [1.807, 2.05) is 6.07 Å². The van der Waals surface area contributed by atoms with Crippen molar-refractivity contribution in [3.05, 3.63) is 32.5 Å². The number of hydrogen-bond donors (Lipinski definition) is 1. The highest BCUT2D eigenvalue weighted by molar-refractivity contribution is 9.11. The number of aromatic nitrogens is 3. The maximum absolute atomic E-state index is 4.66. The first-order chi connectivity index (χ1) is 10.1. The van der Waals surface area contributed by atoms with E-state index in [9.17, 15) is 0 Å². The molecule has 0 bridgehead atoms. The molecule has 0 spiro atoms. The first-order valence-electron chi connectivity index (χ1n) is 6.99. The molecule has 2 aromatic rings. The Morgan fingerprint density at radius 3 is 2.57 bits per heavy atom. The molecule has 0 aliphatic heterocycles. The summed E-state index contributed by atoms with van der Waals surface area (Å²) in [4.78, 5) is 13.7. The van der Waals surface area contributed by atoms with Gasteiger partial charge in [0.1, 0.15) is 11.5 Å². The highest BCUT2D eigenvalue weighted by atomic mass is 79.9. The third kappa shape index (κ3) is 3.80. The summed E-state index contributed by atoms with van der Waals surface area (Å²) in [6.45, 7) is 7.20. The Morgan fingerprint density at radius 1 is 1.19 bits per heavy atom. The predicted molar refractivity (Wildman–Crippen MR) is 93.6 cm³/mol. The number of hydrogen-bond acceptors (Lipinski definition) is 4. The van der Waals surface area contributed by atoms with Crippen LogP contribution in [0.5, 0.6) is 0 Å². The van der Waals surface area contributed by atoms with Crippen LogP contribution in [0.3, 0.4) is 0 Å². The molecule has 21 heavy (non-hydrogen) atoms. The largest absolute Gasteiger partial charge is 0.370 e. The number of anilines is 1. The second-order valence-corrected chi connectivity index (χ2v) is 6.50. The molecule has 0 saturated heterocycles. The van der Waals surface area contributed by atoms with E-state index in [1.165, 1.54) is 0 Å². The minimum absolute atomic E-state index is 0.649. The van der Waals surface area contributed by atoms with E-state index in [-0.39, 0.29) is 0 Å². The molecule has 0 aromatic carbocycles. The lowest BCUT2D eigenvalue weighted by Crippen LogP contribution is -2.09. The van der Waals surface area contributed by atoms with Gasteiger partial charge in [0.05, 0.1) is 0 Å². The van der Waals surface area contributed by atoms with Gasteiger partial charge in [0.25, 0.3) is 0 Å². The molecular formula is C15H18Br2N4. The summed E-state index contributed by atoms with van der Waals surface area (Å²) in [7, 11) is 0. The first kappa shape index (κ1) is 16.4. The van der Waals surface area contributed by atoms with Gasteiger partial charge >= 0.3 is 0 Å². The number of pyridine rings is 1. The minimum Gasteiger partial charge on any atom is -0.370 e. The van der Waals surface area contributed by atoms with Crippen LogP contribution in [-0.2, 0) is 6.42 Å². The predicted octanol–water partition coefficient (Wildman–Crippen LogP) is 4.76. The standard InChI is InChI=1S/C15H18Br2N4/c1-4-6-18-14-9(3)12(5-2)20-15(21-14)13-11(17)7-10(16)8-19-13/h7-8H,4-6H2,1-3H3,(H,18,20,21). The second kappa shape index (κ2) is 7.31. The molecule has 2 rings (SSSR count). The van der Waals surface area contributed by atoms with E-state index in [4.69, 9.17) is 0 Å². The fourth-order valence-corrected chi connectivity index (χ4v) is 3.17. The summed E-state index contributed by atoms with van der Waals surface area (Å²) in [5, 5.41) is 3.37. The van der Waals surface area contributed by atoms with Crippen molar-refractivity contribution in [3.63, 3.8) is 0 Å².